The number of hydrogen-bond acceptors (Lipinski definition) is 2. The van der Waals surface area contributed by atoms with Crippen LogP contribution in [-0.4, -0.2) is 27.1 Å². The van der Waals surface area contributed by atoms with E-state index in [-0.39, 0.29) is 12.5 Å². The summed E-state index contributed by atoms with van der Waals surface area (Å²) in [4.78, 5) is 13.2. The van der Waals surface area contributed by atoms with E-state index in [1.54, 1.807) is 22.7 Å². The summed E-state index contributed by atoms with van der Waals surface area (Å²) in [7, 11) is 0. The molecule has 1 aromatic heterocycles. The van der Waals surface area contributed by atoms with Crippen LogP contribution < -0.4 is 0 Å². The van der Waals surface area contributed by atoms with Crippen LogP contribution in [0.4, 0.5) is 8.78 Å². The first-order valence-electron chi connectivity index (χ1n) is 6.77. The Kier molecular flexibility index (Phi) is 3.45. The van der Waals surface area contributed by atoms with Crippen LogP contribution in [0.5, 0.6) is 0 Å². The molecule has 1 aromatic carbocycles. The van der Waals surface area contributed by atoms with Gasteiger partial charge in [-0.25, -0.2) is 8.78 Å². The molecule has 1 amide bonds. The van der Waals surface area contributed by atoms with Gasteiger partial charge in [-0.2, -0.15) is 5.10 Å². The molecule has 0 unspecified atom stereocenters. The predicted molar refractivity (Wildman–Crippen MR) is 72.5 cm³/mol. The lowest BCUT2D eigenvalue weighted by Gasteiger charge is -2.26. The zero-order valence-corrected chi connectivity index (χ0v) is 11.6. The SMILES string of the molecule is CC(=O)N1CCc2c(cnn2Cc2ccc(F)cc2F)C1. The number of amides is 1. The van der Waals surface area contributed by atoms with Crippen molar-refractivity contribution in [3.63, 3.8) is 0 Å². The van der Waals surface area contributed by atoms with E-state index in [1.165, 1.54) is 12.1 Å². The molecule has 6 heteroatoms. The lowest BCUT2D eigenvalue weighted by molar-refractivity contribution is -0.129. The summed E-state index contributed by atoms with van der Waals surface area (Å²) in [5, 5.41) is 4.27. The second kappa shape index (κ2) is 5.27. The van der Waals surface area contributed by atoms with Crippen molar-refractivity contribution in [2.45, 2.75) is 26.4 Å². The average molecular weight is 291 g/mol. The van der Waals surface area contributed by atoms with Crippen molar-refractivity contribution in [1.82, 2.24) is 14.7 Å². The molecular formula is C15H15F2N3O. The Morgan fingerprint density at radius 3 is 2.90 bits per heavy atom. The second-order valence-corrected chi connectivity index (χ2v) is 5.20. The minimum atomic E-state index is -0.587. The van der Waals surface area contributed by atoms with Crippen LogP contribution in [0.25, 0.3) is 0 Å². The molecule has 0 spiro atoms. The summed E-state index contributed by atoms with van der Waals surface area (Å²) in [6.07, 6.45) is 2.41. The Morgan fingerprint density at radius 1 is 1.38 bits per heavy atom. The van der Waals surface area contributed by atoms with Gasteiger partial charge >= 0.3 is 0 Å². The van der Waals surface area contributed by atoms with Crippen LogP contribution in [-0.2, 0) is 24.3 Å². The van der Waals surface area contributed by atoms with Crippen molar-refractivity contribution < 1.29 is 13.6 Å². The summed E-state index contributed by atoms with van der Waals surface area (Å²) < 4.78 is 28.4. The fraction of sp³-hybridized carbons (Fsp3) is 0.333. The molecule has 1 aliphatic heterocycles. The van der Waals surface area contributed by atoms with Gasteiger partial charge in [-0.15, -0.1) is 0 Å². The van der Waals surface area contributed by atoms with Crippen LogP contribution in [0.1, 0.15) is 23.7 Å². The van der Waals surface area contributed by atoms with Gasteiger partial charge in [0, 0.05) is 49.3 Å². The number of hydrogen-bond donors (Lipinski definition) is 0. The predicted octanol–water partition coefficient (Wildman–Crippen LogP) is 2.11. The highest BCUT2D eigenvalue weighted by atomic mass is 19.1. The van der Waals surface area contributed by atoms with E-state index in [0.717, 1.165) is 17.3 Å². The van der Waals surface area contributed by atoms with E-state index in [4.69, 9.17) is 0 Å². The Morgan fingerprint density at radius 2 is 2.19 bits per heavy atom. The van der Waals surface area contributed by atoms with Gasteiger partial charge < -0.3 is 4.90 Å². The lowest BCUT2D eigenvalue weighted by atomic mass is 10.1. The number of fused-ring (bicyclic) bond motifs is 1. The molecule has 21 heavy (non-hydrogen) atoms. The highest BCUT2D eigenvalue weighted by molar-refractivity contribution is 5.73. The minimum absolute atomic E-state index is 0.0398. The number of halogens is 2. The zero-order chi connectivity index (χ0) is 15.0. The largest absolute Gasteiger partial charge is 0.338 e. The Labute approximate surface area is 121 Å². The summed E-state index contributed by atoms with van der Waals surface area (Å²) in [5.74, 6) is -1.12. The molecule has 2 aromatic rings. The molecule has 1 aliphatic rings. The normalized spacial score (nSPS) is 14.1. The van der Waals surface area contributed by atoms with Crippen molar-refractivity contribution in [3.05, 3.63) is 52.9 Å². The third-order valence-corrected chi connectivity index (χ3v) is 3.80. The number of carbonyl (C=O) groups is 1. The maximum Gasteiger partial charge on any atom is 0.219 e. The van der Waals surface area contributed by atoms with Gasteiger partial charge in [0.2, 0.25) is 5.91 Å². The van der Waals surface area contributed by atoms with Gasteiger partial charge in [-0.1, -0.05) is 6.07 Å². The molecular weight excluding hydrogens is 276 g/mol. The van der Waals surface area contributed by atoms with Crippen molar-refractivity contribution in [2.24, 2.45) is 0 Å². The topological polar surface area (TPSA) is 38.1 Å². The third-order valence-electron chi connectivity index (χ3n) is 3.80. The van der Waals surface area contributed by atoms with Gasteiger partial charge in [-0.05, 0) is 6.07 Å². The first kappa shape index (κ1) is 13.7. The molecule has 3 rings (SSSR count). The zero-order valence-electron chi connectivity index (χ0n) is 11.6. The van der Waals surface area contributed by atoms with E-state index in [0.29, 0.717) is 25.1 Å². The summed E-state index contributed by atoms with van der Waals surface area (Å²) in [6.45, 7) is 2.99. The molecule has 0 bridgehead atoms. The number of nitrogens with zero attached hydrogens (tertiary/aromatic N) is 3. The fourth-order valence-electron chi connectivity index (χ4n) is 2.61. The molecule has 0 radical (unpaired) electrons. The quantitative estimate of drug-likeness (QED) is 0.850. The lowest BCUT2D eigenvalue weighted by Crippen LogP contribution is -2.34. The van der Waals surface area contributed by atoms with Gasteiger partial charge in [0.25, 0.3) is 0 Å². The minimum Gasteiger partial charge on any atom is -0.338 e. The van der Waals surface area contributed by atoms with E-state index < -0.39 is 11.6 Å². The van der Waals surface area contributed by atoms with Crippen molar-refractivity contribution in [3.8, 4) is 0 Å². The standard InChI is InChI=1S/C15H15F2N3O/c1-10(21)19-5-4-15-12(8-19)7-18-20(15)9-11-2-3-13(16)6-14(11)17/h2-3,6-7H,4-5,8-9H2,1H3. The first-order chi connectivity index (χ1) is 10.0. The monoisotopic (exact) mass is 291 g/mol. The average Bonchev–Trinajstić information content (AvgIpc) is 2.84. The Hall–Kier alpha value is -2.24. The Balaban J connectivity index is 1.84. The van der Waals surface area contributed by atoms with E-state index in [1.807, 2.05) is 0 Å². The highest BCUT2D eigenvalue weighted by Crippen LogP contribution is 2.20. The summed E-state index contributed by atoms with van der Waals surface area (Å²) in [6, 6.07) is 3.55. The van der Waals surface area contributed by atoms with Gasteiger partial charge in [0.1, 0.15) is 11.6 Å². The molecule has 0 aliphatic carbocycles. The highest BCUT2D eigenvalue weighted by Gasteiger charge is 2.22. The molecule has 4 nitrogen and oxygen atoms in total. The number of rotatable bonds is 2. The van der Waals surface area contributed by atoms with Crippen LogP contribution >= 0.6 is 0 Å². The van der Waals surface area contributed by atoms with E-state index in [9.17, 15) is 13.6 Å². The first-order valence-corrected chi connectivity index (χ1v) is 6.77. The van der Waals surface area contributed by atoms with Crippen LogP contribution in [0.3, 0.4) is 0 Å². The molecule has 2 heterocycles. The van der Waals surface area contributed by atoms with E-state index in [2.05, 4.69) is 5.10 Å². The van der Waals surface area contributed by atoms with Crippen molar-refractivity contribution in [1.29, 1.82) is 0 Å². The molecule has 0 atom stereocenters. The van der Waals surface area contributed by atoms with Crippen molar-refractivity contribution >= 4 is 5.91 Å². The molecule has 0 fully saturated rings. The number of benzene rings is 1. The molecule has 0 saturated carbocycles. The maximum absolute atomic E-state index is 13.7. The molecule has 110 valence electrons. The fourth-order valence-corrected chi connectivity index (χ4v) is 2.61. The van der Waals surface area contributed by atoms with Gasteiger partial charge in [0.05, 0.1) is 12.7 Å². The number of carbonyl (C=O) groups excluding carboxylic acids is 1. The molecule has 0 saturated heterocycles. The Bertz CT molecular complexity index is 696. The van der Waals surface area contributed by atoms with Crippen LogP contribution in [0.15, 0.2) is 24.4 Å². The van der Waals surface area contributed by atoms with Gasteiger partial charge in [-0.3, -0.25) is 9.48 Å². The maximum atomic E-state index is 13.7. The summed E-state index contributed by atoms with van der Waals surface area (Å²) in [5.41, 5.74) is 2.39. The summed E-state index contributed by atoms with van der Waals surface area (Å²) >= 11 is 0. The van der Waals surface area contributed by atoms with Crippen molar-refractivity contribution in [2.75, 3.05) is 6.54 Å². The smallest absolute Gasteiger partial charge is 0.219 e. The molecule has 0 N–H and O–H groups in total. The third kappa shape index (κ3) is 2.66. The van der Waals surface area contributed by atoms with Gasteiger partial charge in [0.15, 0.2) is 0 Å². The number of aromatic nitrogens is 2. The van der Waals surface area contributed by atoms with E-state index >= 15 is 0 Å². The second-order valence-electron chi connectivity index (χ2n) is 5.20. The van der Waals surface area contributed by atoms with Crippen LogP contribution in [0.2, 0.25) is 0 Å². The van der Waals surface area contributed by atoms with Crippen LogP contribution in [0, 0.1) is 11.6 Å².